The molecule has 4 amide bonds. The topological polar surface area (TPSA) is 131 Å². The van der Waals surface area contributed by atoms with E-state index in [4.69, 9.17) is 5.73 Å². The molecular formula is C19H16N4O4. The second-order valence-electron chi connectivity index (χ2n) is 5.93. The molecule has 2 aromatic rings. The van der Waals surface area contributed by atoms with E-state index < -0.39 is 23.8 Å². The summed E-state index contributed by atoms with van der Waals surface area (Å²) in [4.78, 5) is 50.6. The van der Waals surface area contributed by atoms with Crippen LogP contribution < -0.4 is 16.4 Å². The van der Waals surface area contributed by atoms with E-state index in [0.29, 0.717) is 16.8 Å². The number of primary amides is 1. The molecule has 27 heavy (non-hydrogen) atoms. The van der Waals surface area contributed by atoms with Gasteiger partial charge in [0, 0.05) is 23.9 Å². The quantitative estimate of drug-likeness (QED) is 0.663. The summed E-state index contributed by atoms with van der Waals surface area (Å²) in [5.41, 5.74) is 7.26. The van der Waals surface area contributed by atoms with Gasteiger partial charge in [0.1, 0.15) is 6.04 Å². The molecular weight excluding hydrogens is 348 g/mol. The number of nitrogens with one attached hydrogen (secondary N) is 2. The van der Waals surface area contributed by atoms with Crippen LogP contribution >= 0.6 is 0 Å². The molecule has 0 aromatic heterocycles. The average Bonchev–Trinajstić information content (AvgIpc) is 3.02. The highest BCUT2D eigenvalue weighted by Crippen LogP contribution is 2.19. The minimum atomic E-state index is -1.17. The van der Waals surface area contributed by atoms with E-state index in [-0.39, 0.29) is 12.3 Å². The summed E-state index contributed by atoms with van der Waals surface area (Å²) >= 11 is 0. The van der Waals surface area contributed by atoms with Gasteiger partial charge in [-0.2, -0.15) is 0 Å². The predicted molar refractivity (Wildman–Crippen MR) is 98.3 cm³/mol. The molecule has 1 atom stereocenters. The molecule has 1 heterocycles. The maximum Gasteiger partial charge on any atom is 0.309 e. The fourth-order valence-corrected chi connectivity index (χ4v) is 2.66. The number of aliphatic imine (C=N–C) groups is 1. The standard InChI is InChI=1S/C19H16N4O4/c20-16(24)19(27)23-15(8-11-4-2-1-3-5-11)18(26)22-13-6-7-14-12(9-13)10-21-17(14)25/h1-7,9-10,15H,8H2,(H2,20,24)(H,22,26)(H,23,27). The summed E-state index contributed by atoms with van der Waals surface area (Å²) in [6, 6.07) is 12.8. The number of hydrogen-bond acceptors (Lipinski definition) is 4. The minimum Gasteiger partial charge on any atom is -0.361 e. The third kappa shape index (κ3) is 4.24. The van der Waals surface area contributed by atoms with Gasteiger partial charge in [-0.15, -0.1) is 0 Å². The van der Waals surface area contributed by atoms with Crippen LogP contribution in [0.3, 0.4) is 0 Å². The highest BCUT2D eigenvalue weighted by molar-refractivity contribution is 6.35. The second-order valence-corrected chi connectivity index (χ2v) is 5.93. The summed E-state index contributed by atoms with van der Waals surface area (Å²) in [5, 5.41) is 5.01. The molecule has 1 unspecified atom stereocenters. The third-order valence-electron chi connectivity index (χ3n) is 4.00. The first-order chi connectivity index (χ1) is 12.9. The number of benzene rings is 2. The SMILES string of the molecule is NC(=O)C(=O)NC(Cc1ccccc1)C(=O)Nc1ccc2c(c1)C=NC2=O. The van der Waals surface area contributed by atoms with E-state index in [1.54, 1.807) is 42.5 Å². The number of nitrogens with zero attached hydrogens (tertiary/aromatic N) is 1. The second kappa shape index (κ2) is 7.61. The van der Waals surface area contributed by atoms with E-state index in [9.17, 15) is 19.2 Å². The van der Waals surface area contributed by atoms with Crippen molar-refractivity contribution in [2.24, 2.45) is 10.7 Å². The summed E-state index contributed by atoms with van der Waals surface area (Å²) in [6.45, 7) is 0. The Morgan fingerprint density at radius 1 is 1.07 bits per heavy atom. The minimum absolute atomic E-state index is 0.177. The van der Waals surface area contributed by atoms with Crippen molar-refractivity contribution in [1.29, 1.82) is 0 Å². The van der Waals surface area contributed by atoms with Crippen molar-refractivity contribution in [3.63, 3.8) is 0 Å². The van der Waals surface area contributed by atoms with Gasteiger partial charge in [-0.1, -0.05) is 30.3 Å². The van der Waals surface area contributed by atoms with Crippen LogP contribution in [0, 0.1) is 0 Å². The van der Waals surface area contributed by atoms with Gasteiger partial charge in [0.25, 0.3) is 5.91 Å². The van der Waals surface area contributed by atoms with Crippen molar-refractivity contribution in [2.45, 2.75) is 12.5 Å². The zero-order chi connectivity index (χ0) is 19.4. The molecule has 3 rings (SSSR count). The zero-order valence-electron chi connectivity index (χ0n) is 14.1. The lowest BCUT2D eigenvalue weighted by Gasteiger charge is -2.18. The number of carbonyl (C=O) groups is 4. The van der Waals surface area contributed by atoms with Gasteiger partial charge >= 0.3 is 11.8 Å². The Morgan fingerprint density at radius 2 is 1.81 bits per heavy atom. The van der Waals surface area contributed by atoms with Crippen LogP contribution in [0.15, 0.2) is 53.5 Å². The van der Waals surface area contributed by atoms with Crippen molar-refractivity contribution >= 4 is 35.5 Å². The van der Waals surface area contributed by atoms with Crippen LogP contribution in [-0.4, -0.2) is 35.9 Å². The highest BCUT2D eigenvalue weighted by atomic mass is 16.2. The van der Waals surface area contributed by atoms with E-state index in [2.05, 4.69) is 15.6 Å². The number of fused-ring (bicyclic) bond motifs is 1. The van der Waals surface area contributed by atoms with Gasteiger partial charge in [0.15, 0.2) is 0 Å². The summed E-state index contributed by atoms with van der Waals surface area (Å²) in [6.07, 6.45) is 1.60. The Labute approximate surface area is 154 Å². The largest absolute Gasteiger partial charge is 0.361 e. The lowest BCUT2D eigenvalue weighted by Crippen LogP contribution is -2.49. The average molecular weight is 364 g/mol. The first kappa shape index (κ1) is 18.0. The fourth-order valence-electron chi connectivity index (χ4n) is 2.66. The first-order valence-corrected chi connectivity index (χ1v) is 8.11. The van der Waals surface area contributed by atoms with Crippen LogP contribution in [0.2, 0.25) is 0 Å². The van der Waals surface area contributed by atoms with Crippen LogP contribution in [-0.2, 0) is 20.8 Å². The summed E-state index contributed by atoms with van der Waals surface area (Å²) < 4.78 is 0. The molecule has 4 N–H and O–H groups in total. The Balaban J connectivity index is 1.77. The van der Waals surface area contributed by atoms with Gasteiger partial charge in [0.05, 0.1) is 5.56 Å². The molecule has 0 saturated heterocycles. The lowest BCUT2D eigenvalue weighted by atomic mass is 10.0. The Kier molecular flexibility index (Phi) is 5.07. The fraction of sp³-hybridized carbons (Fsp3) is 0.105. The first-order valence-electron chi connectivity index (χ1n) is 8.11. The Hall–Kier alpha value is -3.81. The van der Waals surface area contributed by atoms with E-state index >= 15 is 0 Å². The number of hydrogen-bond donors (Lipinski definition) is 3. The molecule has 1 aliphatic heterocycles. The van der Waals surface area contributed by atoms with Crippen molar-refractivity contribution in [2.75, 3.05) is 5.32 Å². The molecule has 0 spiro atoms. The number of anilines is 1. The van der Waals surface area contributed by atoms with Crippen LogP contribution in [0.25, 0.3) is 0 Å². The third-order valence-corrected chi connectivity index (χ3v) is 4.00. The van der Waals surface area contributed by atoms with E-state index in [1.807, 2.05) is 6.07 Å². The van der Waals surface area contributed by atoms with Gasteiger partial charge in [-0.05, 0) is 23.8 Å². The number of amides is 4. The summed E-state index contributed by atoms with van der Waals surface area (Å²) in [5.74, 6) is -3.07. The molecule has 1 aliphatic rings. The number of carbonyl (C=O) groups excluding carboxylic acids is 4. The van der Waals surface area contributed by atoms with Crippen LogP contribution in [0.1, 0.15) is 21.5 Å². The van der Waals surface area contributed by atoms with Crippen molar-refractivity contribution in [3.8, 4) is 0 Å². The number of rotatable bonds is 5. The summed E-state index contributed by atoms with van der Waals surface area (Å²) in [7, 11) is 0. The smallest absolute Gasteiger partial charge is 0.309 e. The zero-order valence-corrected chi connectivity index (χ0v) is 14.1. The van der Waals surface area contributed by atoms with E-state index in [1.165, 1.54) is 6.21 Å². The molecule has 0 radical (unpaired) electrons. The van der Waals surface area contributed by atoms with Gasteiger partial charge in [-0.25, -0.2) is 4.99 Å². The monoisotopic (exact) mass is 364 g/mol. The lowest BCUT2D eigenvalue weighted by molar-refractivity contribution is -0.138. The Morgan fingerprint density at radius 3 is 2.52 bits per heavy atom. The molecule has 8 nitrogen and oxygen atoms in total. The maximum atomic E-state index is 12.7. The van der Waals surface area contributed by atoms with Crippen molar-refractivity contribution in [3.05, 3.63) is 65.2 Å². The van der Waals surface area contributed by atoms with Gasteiger partial charge in [0.2, 0.25) is 5.91 Å². The van der Waals surface area contributed by atoms with Crippen molar-refractivity contribution < 1.29 is 19.2 Å². The maximum absolute atomic E-state index is 12.7. The van der Waals surface area contributed by atoms with Gasteiger partial charge < -0.3 is 16.4 Å². The van der Waals surface area contributed by atoms with Gasteiger partial charge in [-0.3, -0.25) is 19.2 Å². The van der Waals surface area contributed by atoms with Crippen LogP contribution in [0.4, 0.5) is 5.69 Å². The van der Waals surface area contributed by atoms with Crippen molar-refractivity contribution in [1.82, 2.24) is 5.32 Å². The molecule has 0 aliphatic carbocycles. The molecule has 136 valence electrons. The molecule has 2 aromatic carbocycles. The van der Waals surface area contributed by atoms with E-state index in [0.717, 1.165) is 5.56 Å². The normalized spacial score (nSPS) is 13.0. The van der Waals surface area contributed by atoms with Crippen LogP contribution in [0.5, 0.6) is 0 Å². The highest BCUT2D eigenvalue weighted by Gasteiger charge is 2.24. The molecule has 0 saturated carbocycles. The molecule has 0 bridgehead atoms. The predicted octanol–water partition coefficient (Wildman–Crippen LogP) is 0.411. The number of nitrogens with two attached hydrogens (primary N) is 1. The molecule has 0 fully saturated rings. The molecule has 8 heteroatoms. The Bertz CT molecular complexity index is 953.